The molecule has 0 heterocycles. The highest BCUT2D eigenvalue weighted by Crippen LogP contribution is 2.48. The first-order chi connectivity index (χ1) is 7.63. The van der Waals surface area contributed by atoms with Crippen LogP contribution in [0.2, 0.25) is 0 Å². The van der Waals surface area contributed by atoms with Crippen molar-refractivity contribution in [3.8, 4) is 0 Å². The molecule has 4 atom stereocenters. The molecule has 4 unspecified atom stereocenters. The van der Waals surface area contributed by atoms with Crippen LogP contribution in [-0.2, 0) is 9.47 Å². The highest BCUT2D eigenvalue weighted by atomic mass is 16.7. The van der Waals surface area contributed by atoms with Crippen LogP contribution in [0.25, 0.3) is 0 Å². The summed E-state index contributed by atoms with van der Waals surface area (Å²) in [7, 11) is 0. The first kappa shape index (κ1) is 11.5. The lowest BCUT2D eigenvalue weighted by Crippen LogP contribution is -2.33. The molecule has 0 aliphatic heterocycles. The van der Waals surface area contributed by atoms with E-state index in [9.17, 15) is 4.79 Å². The van der Waals surface area contributed by atoms with Crippen molar-refractivity contribution < 1.29 is 14.3 Å². The molecule has 0 aromatic heterocycles. The highest BCUT2D eigenvalue weighted by Gasteiger charge is 2.48. The first-order valence-electron chi connectivity index (χ1n) is 6.15. The minimum absolute atomic E-state index is 0.0223. The summed E-state index contributed by atoms with van der Waals surface area (Å²) in [4.78, 5) is 11.4. The average molecular weight is 224 g/mol. The molecule has 90 valence electrons. The molecule has 0 saturated heterocycles. The Morgan fingerprint density at radius 2 is 2.06 bits per heavy atom. The standard InChI is InChI=1S/C13H20O3/c1-4-15-13(14)16-12-10-6-5-9(7-10)11(12)8(2)3/h5-6,8-12H,4,7H2,1-3H3. The highest BCUT2D eigenvalue weighted by molar-refractivity contribution is 5.60. The molecular formula is C13H20O3. The summed E-state index contributed by atoms with van der Waals surface area (Å²) in [6.45, 7) is 6.56. The Morgan fingerprint density at radius 1 is 1.38 bits per heavy atom. The van der Waals surface area contributed by atoms with Crippen molar-refractivity contribution in [3.05, 3.63) is 12.2 Å². The second kappa shape index (κ2) is 4.48. The van der Waals surface area contributed by atoms with Gasteiger partial charge in [0.1, 0.15) is 6.10 Å². The van der Waals surface area contributed by atoms with Crippen molar-refractivity contribution in [1.29, 1.82) is 0 Å². The minimum Gasteiger partial charge on any atom is -0.435 e. The monoisotopic (exact) mass is 224 g/mol. The molecule has 2 bridgehead atoms. The van der Waals surface area contributed by atoms with E-state index in [2.05, 4.69) is 26.0 Å². The molecule has 2 rings (SSSR count). The van der Waals surface area contributed by atoms with Crippen LogP contribution in [0.1, 0.15) is 27.2 Å². The van der Waals surface area contributed by atoms with E-state index in [1.807, 2.05) is 0 Å². The Balaban J connectivity index is 2.02. The molecule has 0 spiro atoms. The maximum absolute atomic E-state index is 11.4. The van der Waals surface area contributed by atoms with E-state index in [1.165, 1.54) is 0 Å². The number of hydrogen-bond acceptors (Lipinski definition) is 3. The van der Waals surface area contributed by atoms with E-state index in [1.54, 1.807) is 6.92 Å². The quantitative estimate of drug-likeness (QED) is 0.546. The maximum Gasteiger partial charge on any atom is 0.508 e. The van der Waals surface area contributed by atoms with Crippen LogP contribution >= 0.6 is 0 Å². The lowest BCUT2D eigenvalue weighted by Gasteiger charge is -2.30. The molecule has 16 heavy (non-hydrogen) atoms. The predicted octanol–water partition coefficient (Wildman–Crippen LogP) is 3.01. The summed E-state index contributed by atoms with van der Waals surface area (Å²) < 4.78 is 10.3. The van der Waals surface area contributed by atoms with Gasteiger partial charge in [-0.2, -0.15) is 0 Å². The molecule has 3 heteroatoms. The third-order valence-corrected chi connectivity index (χ3v) is 3.71. The Bertz CT molecular complexity index is 296. The van der Waals surface area contributed by atoms with Gasteiger partial charge in [0, 0.05) is 11.8 Å². The van der Waals surface area contributed by atoms with Crippen molar-refractivity contribution in [3.63, 3.8) is 0 Å². The van der Waals surface area contributed by atoms with Crippen LogP contribution in [-0.4, -0.2) is 18.9 Å². The fraction of sp³-hybridized carbons (Fsp3) is 0.769. The summed E-state index contributed by atoms with van der Waals surface area (Å²) in [6, 6.07) is 0. The van der Waals surface area contributed by atoms with Gasteiger partial charge in [-0.3, -0.25) is 0 Å². The molecule has 0 amide bonds. The van der Waals surface area contributed by atoms with Gasteiger partial charge in [-0.05, 0) is 25.2 Å². The number of carbonyl (C=O) groups excluding carboxylic acids is 1. The van der Waals surface area contributed by atoms with Gasteiger partial charge in [-0.25, -0.2) is 4.79 Å². The topological polar surface area (TPSA) is 35.5 Å². The molecule has 2 aliphatic carbocycles. The molecular weight excluding hydrogens is 204 g/mol. The van der Waals surface area contributed by atoms with Crippen LogP contribution in [0.4, 0.5) is 4.79 Å². The summed E-state index contributed by atoms with van der Waals surface area (Å²) >= 11 is 0. The van der Waals surface area contributed by atoms with Gasteiger partial charge in [0.05, 0.1) is 6.61 Å². The SMILES string of the molecule is CCOC(=O)OC1C2C=CC(C2)C1C(C)C. The second-order valence-electron chi connectivity index (χ2n) is 5.04. The maximum atomic E-state index is 11.4. The molecule has 0 N–H and O–H groups in total. The Hall–Kier alpha value is -0.990. The zero-order valence-electron chi connectivity index (χ0n) is 10.2. The van der Waals surface area contributed by atoms with Crippen molar-refractivity contribution in [1.82, 2.24) is 0 Å². The molecule has 1 saturated carbocycles. The Labute approximate surface area is 96.8 Å². The smallest absolute Gasteiger partial charge is 0.435 e. The largest absolute Gasteiger partial charge is 0.508 e. The van der Waals surface area contributed by atoms with Crippen LogP contribution in [0.5, 0.6) is 0 Å². The van der Waals surface area contributed by atoms with Crippen LogP contribution in [0.15, 0.2) is 12.2 Å². The zero-order valence-corrected chi connectivity index (χ0v) is 10.2. The Morgan fingerprint density at radius 3 is 2.69 bits per heavy atom. The summed E-state index contributed by atoms with van der Waals surface area (Å²) in [5.41, 5.74) is 0. The van der Waals surface area contributed by atoms with E-state index in [0.717, 1.165) is 6.42 Å². The summed E-state index contributed by atoms with van der Waals surface area (Å²) in [5, 5.41) is 0. The van der Waals surface area contributed by atoms with Crippen molar-refractivity contribution in [2.75, 3.05) is 6.61 Å². The van der Waals surface area contributed by atoms with Gasteiger partial charge >= 0.3 is 6.16 Å². The molecule has 2 aliphatic rings. The van der Waals surface area contributed by atoms with Crippen molar-refractivity contribution >= 4 is 6.16 Å². The Kier molecular flexibility index (Phi) is 3.22. The molecule has 0 aromatic rings. The van der Waals surface area contributed by atoms with Gasteiger partial charge in [0.25, 0.3) is 0 Å². The van der Waals surface area contributed by atoms with E-state index in [-0.39, 0.29) is 6.10 Å². The van der Waals surface area contributed by atoms with E-state index < -0.39 is 6.16 Å². The molecule has 0 aromatic carbocycles. The molecule has 0 radical (unpaired) electrons. The minimum atomic E-state index is -0.515. The fourth-order valence-corrected chi connectivity index (χ4v) is 3.12. The van der Waals surface area contributed by atoms with Crippen LogP contribution in [0, 0.1) is 23.7 Å². The predicted molar refractivity (Wildman–Crippen MR) is 61.0 cm³/mol. The molecule has 1 fully saturated rings. The van der Waals surface area contributed by atoms with E-state index in [0.29, 0.717) is 30.3 Å². The summed E-state index contributed by atoms with van der Waals surface area (Å²) in [5.74, 6) is 1.99. The van der Waals surface area contributed by atoms with Crippen LogP contribution < -0.4 is 0 Å². The third kappa shape index (κ3) is 1.95. The lowest BCUT2D eigenvalue weighted by atomic mass is 9.82. The van der Waals surface area contributed by atoms with Crippen LogP contribution in [0.3, 0.4) is 0 Å². The first-order valence-corrected chi connectivity index (χ1v) is 6.15. The van der Waals surface area contributed by atoms with E-state index >= 15 is 0 Å². The second-order valence-corrected chi connectivity index (χ2v) is 5.04. The lowest BCUT2D eigenvalue weighted by molar-refractivity contribution is -0.00961. The fourth-order valence-electron chi connectivity index (χ4n) is 3.12. The van der Waals surface area contributed by atoms with Crippen molar-refractivity contribution in [2.24, 2.45) is 23.7 Å². The third-order valence-electron chi connectivity index (χ3n) is 3.71. The summed E-state index contributed by atoms with van der Waals surface area (Å²) in [6.07, 6.45) is 5.11. The van der Waals surface area contributed by atoms with Gasteiger partial charge < -0.3 is 9.47 Å². The number of rotatable bonds is 3. The number of allylic oxidation sites excluding steroid dienone is 1. The molecule has 3 nitrogen and oxygen atoms in total. The number of hydrogen-bond donors (Lipinski definition) is 0. The number of fused-ring (bicyclic) bond motifs is 2. The van der Waals surface area contributed by atoms with Gasteiger partial charge in [-0.1, -0.05) is 26.0 Å². The van der Waals surface area contributed by atoms with Gasteiger partial charge in [0.2, 0.25) is 0 Å². The van der Waals surface area contributed by atoms with Crippen molar-refractivity contribution in [2.45, 2.75) is 33.3 Å². The van der Waals surface area contributed by atoms with E-state index in [4.69, 9.17) is 9.47 Å². The normalized spacial score (nSPS) is 35.8. The number of carbonyl (C=O) groups is 1. The average Bonchev–Trinajstić information content (AvgIpc) is 2.77. The van der Waals surface area contributed by atoms with Gasteiger partial charge in [-0.15, -0.1) is 0 Å². The zero-order chi connectivity index (χ0) is 11.7. The number of ether oxygens (including phenoxy) is 2. The van der Waals surface area contributed by atoms with Gasteiger partial charge in [0.15, 0.2) is 0 Å².